The van der Waals surface area contributed by atoms with Crippen LogP contribution in [0.3, 0.4) is 0 Å². The molecule has 0 aromatic heterocycles. The van der Waals surface area contributed by atoms with E-state index in [9.17, 15) is 0 Å². The molecule has 0 spiro atoms. The Kier molecular flexibility index (Phi) is 11.7. The molecule has 1 fully saturated rings. The van der Waals surface area contributed by atoms with E-state index < -0.39 is 0 Å². The lowest BCUT2D eigenvalue weighted by Crippen LogP contribution is -2.38. The number of halogens is 1. The number of guanidine groups is 1. The van der Waals surface area contributed by atoms with Crippen LogP contribution in [0.5, 0.6) is 5.75 Å². The molecule has 0 amide bonds. The van der Waals surface area contributed by atoms with Crippen molar-refractivity contribution in [3.8, 4) is 5.75 Å². The van der Waals surface area contributed by atoms with Crippen molar-refractivity contribution in [3.05, 3.63) is 65.7 Å². The third kappa shape index (κ3) is 9.04. The Labute approximate surface area is 203 Å². The van der Waals surface area contributed by atoms with Crippen LogP contribution in [0, 0.1) is 0 Å². The summed E-state index contributed by atoms with van der Waals surface area (Å²) in [6, 6.07) is 19.1. The first-order valence-electron chi connectivity index (χ1n) is 10.7. The molecule has 1 saturated heterocycles. The Morgan fingerprint density at radius 1 is 1.03 bits per heavy atom. The van der Waals surface area contributed by atoms with Crippen LogP contribution < -0.4 is 15.4 Å². The number of rotatable bonds is 9. The maximum absolute atomic E-state index is 6.00. The highest BCUT2D eigenvalue weighted by atomic mass is 127. The molecule has 0 aliphatic carbocycles. The fourth-order valence-electron chi connectivity index (χ4n) is 3.55. The third-order valence-electron chi connectivity index (χ3n) is 5.41. The van der Waals surface area contributed by atoms with E-state index in [1.807, 2.05) is 30.3 Å². The first-order valence-corrected chi connectivity index (χ1v) is 10.7. The fourth-order valence-corrected chi connectivity index (χ4v) is 3.55. The predicted molar refractivity (Wildman–Crippen MR) is 137 cm³/mol. The number of aliphatic imine (C=N–C) groups is 1. The van der Waals surface area contributed by atoms with Gasteiger partial charge in [0, 0.05) is 45.9 Å². The second-order valence-electron chi connectivity index (χ2n) is 7.58. The first-order chi connectivity index (χ1) is 14.7. The van der Waals surface area contributed by atoms with Crippen LogP contribution in [-0.4, -0.2) is 57.4 Å². The number of benzene rings is 2. The van der Waals surface area contributed by atoms with E-state index in [1.54, 1.807) is 7.05 Å². The number of nitrogens with one attached hydrogen (secondary N) is 2. The van der Waals surface area contributed by atoms with Gasteiger partial charge >= 0.3 is 0 Å². The molecule has 7 heteroatoms. The SMILES string of the molecule is CN=C(NCc1ccccc1)NCc1cccc(OCCN(C)C2CCOCC2)c1.I. The minimum Gasteiger partial charge on any atom is -0.492 e. The number of nitrogens with zero attached hydrogens (tertiary/aromatic N) is 2. The summed E-state index contributed by atoms with van der Waals surface area (Å²) >= 11 is 0. The molecule has 2 N–H and O–H groups in total. The fraction of sp³-hybridized carbons (Fsp3) is 0.458. The third-order valence-corrected chi connectivity index (χ3v) is 5.41. The summed E-state index contributed by atoms with van der Waals surface area (Å²) in [5.74, 6) is 1.69. The van der Waals surface area contributed by atoms with Gasteiger partial charge in [-0.05, 0) is 43.1 Å². The highest BCUT2D eigenvalue weighted by Gasteiger charge is 2.17. The van der Waals surface area contributed by atoms with Gasteiger partial charge in [0.15, 0.2) is 5.96 Å². The molecule has 3 rings (SSSR count). The van der Waals surface area contributed by atoms with E-state index in [2.05, 4.69) is 51.8 Å². The molecule has 31 heavy (non-hydrogen) atoms. The van der Waals surface area contributed by atoms with Crippen molar-refractivity contribution in [2.45, 2.75) is 32.0 Å². The van der Waals surface area contributed by atoms with Gasteiger partial charge in [-0.1, -0.05) is 42.5 Å². The zero-order chi connectivity index (χ0) is 21.0. The van der Waals surface area contributed by atoms with Gasteiger partial charge in [-0.15, -0.1) is 24.0 Å². The van der Waals surface area contributed by atoms with Gasteiger partial charge in [0.25, 0.3) is 0 Å². The normalized spacial score (nSPS) is 14.7. The van der Waals surface area contributed by atoms with Crippen molar-refractivity contribution in [1.29, 1.82) is 0 Å². The van der Waals surface area contributed by atoms with Crippen LogP contribution in [0.1, 0.15) is 24.0 Å². The Bertz CT molecular complexity index is 782. The molecule has 0 saturated carbocycles. The molecular weight excluding hydrogens is 503 g/mol. The molecule has 0 radical (unpaired) electrons. The van der Waals surface area contributed by atoms with Crippen molar-refractivity contribution < 1.29 is 9.47 Å². The Balaban J connectivity index is 0.00000341. The molecule has 2 aromatic rings. The average molecular weight is 538 g/mol. The van der Waals surface area contributed by atoms with E-state index in [1.165, 1.54) is 5.56 Å². The molecule has 0 atom stereocenters. The van der Waals surface area contributed by atoms with Gasteiger partial charge in [0.2, 0.25) is 0 Å². The van der Waals surface area contributed by atoms with Crippen molar-refractivity contribution in [2.75, 3.05) is 40.5 Å². The topological polar surface area (TPSA) is 58.1 Å². The highest BCUT2D eigenvalue weighted by molar-refractivity contribution is 14.0. The standard InChI is InChI=1S/C24H34N4O2.HI/c1-25-24(26-18-20-7-4-3-5-8-20)27-19-21-9-6-10-23(17-21)30-16-13-28(2)22-11-14-29-15-12-22;/h3-10,17,22H,11-16,18-19H2,1-2H3,(H2,25,26,27);1H. The number of likely N-dealkylation sites (N-methyl/N-ethyl adjacent to an activating group) is 1. The van der Waals surface area contributed by atoms with E-state index in [0.29, 0.717) is 19.2 Å². The van der Waals surface area contributed by atoms with E-state index in [-0.39, 0.29) is 24.0 Å². The Hall–Kier alpha value is -1.84. The largest absolute Gasteiger partial charge is 0.492 e. The molecule has 1 heterocycles. The molecular formula is C24H35IN4O2. The van der Waals surface area contributed by atoms with Gasteiger partial charge < -0.3 is 20.1 Å². The zero-order valence-corrected chi connectivity index (χ0v) is 20.9. The van der Waals surface area contributed by atoms with Crippen LogP contribution >= 0.6 is 24.0 Å². The van der Waals surface area contributed by atoms with Crippen molar-refractivity contribution in [2.24, 2.45) is 4.99 Å². The van der Waals surface area contributed by atoms with Crippen molar-refractivity contribution >= 4 is 29.9 Å². The van der Waals surface area contributed by atoms with E-state index in [0.717, 1.165) is 56.4 Å². The quantitative estimate of drug-likeness (QED) is 0.290. The maximum atomic E-state index is 6.00. The summed E-state index contributed by atoms with van der Waals surface area (Å²) in [4.78, 5) is 6.69. The van der Waals surface area contributed by atoms with Gasteiger partial charge in [-0.25, -0.2) is 0 Å². The Morgan fingerprint density at radius 3 is 2.42 bits per heavy atom. The maximum Gasteiger partial charge on any atom is 0.191 e. The summed E-state index contributed by atoms with van der Waals surface area (Å²) in [7, 11) is 3.96. The van der Waals surface area contributed by atoms with Crippen LogP contribution in [0.2, 0.25) is 0 Å². The van der Waals surface area contributed by atoms with E-state index >= 15 is 0 Å². The lowest BCUT2D eigenvalue weighted by Gasteiger charge is -2.31. The van der Waals surface area contributed by atoms with Crippen LogP contribution in [-0.2, 0) is 17.8 Å². The molecule has 6 nitrogen and oxygen atoms in total. The monoisotopic (exact) mass is 538 g/mol. The predicted octanol–water partition coefficient (Wildman–Crippen LogP) is 3.66. The van der Waals surface area contributed by atoms with Gasteiger partial charge in [-0.3, -0.25) is 9.89 Å². The average Bonchev–Trinajstić information content (AvgIpc) is 2.80. The minimum absolute atomic E-state index is 0. The van der Waals surface area contributed by atoms with Crippen molar-refractivity contribution in [3.63, 3.8) is 0 Å². The van der Waals surface area contributed by atoms with Crippen LogP contribution in [0.15, 0.2) is 59.6 Å². The van der Waals surface area contributed by atoms with Crippen molar-refractivity contribution in [1.82, 2.24) is 15.5 Å². The first kappa shape index (κ1) is 25.4. The highest BCUT2D eigenvalue weighted by Crippen LogP contribution is 2.15. The van der Waals surface area contributed by atoms with Gasteiger partial charge in [0.05, 0.1) is 0 Å². The summed E-state index contributed by atoms with van der Waals surface area (Å²) in [6.45, 7) is 4.77. The number of hydrogen-bond donors (Lipinski definition) is 2. The van der Waals surface area contributed by atoms with E-state index in [4.69, 9.17) is 9.47 Å². The summed E-state index contributed by atoms with van der Waals surface area (Å²) < 4.78 is 11.4. The summed E-state index contributed by atoms with van der Waals surface area (Å²) in [5.41, 5.74) is 2.38. The Morgan fingerprint density at radius 2 is 1.71 bits per heavy atom. The minimum atomic E-state index is 0. The molecule has 2 aromatic carbocycles. The number of hydrogen-bond acceptors (Lipinski definition) is 4. The second kappa shape index (κ2) is 14.3. The summed E-state index contributed by atoms with van der Waals surface area (Å²) in [5, 5.41) is 6.71. The molecule has 1 aliphatic heterocycles. The summed E-state index contributed by atoms with van der Waals surface area (Å²) in [6.07, 6.45) is 2.22. The number of ether oxygens (including phenoxy) is 2. The van der Waals surface area contributed by atoms with Gasteiger partial charge in [-0.2, -0.15) is 0 Å². The molecule has 0 unspecified atom stereocenters. The smallest absolute Gasteiger partial charge is 0.191 e. The lowest BCUT2D eigenvalue weighted by molar-refractivity contribution is 0.0392. The molecule has 0 bridgehead atoms. The van der Waals surface area contributed by atoms with Gasteiger partial charge in [0.1, 0.15) is 12.4 Å². The second-order valence-corrected chi connectivity index (χ2v) is 7.58. The molecule has 170 valence electrons. The lowest BCUT2D eigenvalue weighted by atomic mass is 10.1. The van der Waals surface area contributed by atoms with Crippen LogP contribution in [0.25, 0.3) is 0 Å². The van der Waals surface area contributed by atoms with Crippen LogP contribution in [0.4, 0.5) is 0 Å². The zero-order valence-electron chi connectivity index (χ0n) is 18.5. The molecule has 1 aliphatic rings.